The van der Waals surface area contributed by atoms with E-state index in [0.717, 1.165) is 12.3 Å². The third-order valence-electron chi connectivity index (χ3n) is 2.02. The van der Waals surface area contributed by atoms with E-state index in [-0.39, 0.29) is 16.9 Å². The van der Waals surface area contributed by atoms with Gasteiger partial charge < -0.3 is 5.11 Å². The molecule has 2 aromatic rings. The number of hydrogen-bond acceptors (Lipinski definition) is 2. The maximum absolute atomic E-state index is 13.4. The average molecular weight is 207 g/mol. The molecule has 0 fully saturated rings. The lowest BCUT2D eigenvalue weighted by molar-refractivity contribution is 0.469. The number of pyridine rings is 1. The molecule has 1 aromatic carbocycles. The fourth-order valence-corrected chi connectivity index (χ4v) is 1.32. The zero-order valence-corrected chi connectivity index (χ0v) is 7.61. The molecule has 0 aliphatic heterocycles. The zero-order chi connectivity index (χ0) is 10.8. The monoisotopic (exact) mass is 207 g/mol. The first-order chi connectivity index (χ1) is 7.18. The van der Waals surface area contributed by atoms with Crippen molar-refractivity contribution in [3.8, 4) is 16.9 Å². The molecule has 0 atom stereocenters. The van der Waals surface area contributed by atoms with Crippen LogP contribution < -0.4 is 0 Å². The third-order valence-corrected chi connectivity index (χ3v) is 2.02. The van der Waals surface area contributed by atoms with Gasteiger partial charge in [-0.15, -0.1) is 0 Å². The molecule has 0 amide bonds. The van der Waals surface area contributed by atoms with Crippen LogP contribution in [0, 0.1) is 11.6 Å². The van der Waals surface area contributed by atoms with Crippen molar-refractivity contribution in [2.75, 3.05) is 0 Å². The molecule has 0 radical (unpaired) electrons. The van der Waals surface area contributed by atoms with E-state index in [4.69, 9.17) is 5.11 Å². The Balaban J connectivity index is 2.60. The fraction of sp³-hybridized carbons (Fsp3) is 0. The number of nitrogens with zero attached hydrogens (tertiary/aromatic N) is 1. The van der Waals surface area contributed by atoms with Crippen molar-refractivity contribution in [2.45, 2.75) is 0 Å². The summed E-state index contributed by atoms with van der Waals surface area (Å²) in [5, 5.41) is 9.01. The number of hydrogen-bond donors (Lipinski definition) is 1. The topological polar surface area (TPSA) is 33.1 Å². The van der Waals surface area contributed by atoms with E-state index in [2.05, 4.69) is 4.98 Å². The summed E-state index contributed by atoms with van der Waals surface area (Å²) >= 11 is 0. The minimum atomic E-state index is -0.667. The van der Waals surface area contributed by atoms with Crippen molar-refractivity contribution < 1.29 is 13.9 Å². The number of phenols is 1. The Morgan fingerprint density at radius 2 is 1.73 bits per heavy atom. The van der Waals surface area contributed by atoms with E-state index in [1.807, 2.05) is 0 Å². The van der Waals surface area contributed by atoms with E-state index in [1.54, 1.807) is 0 Å². The number of aromatic hydroxyl groups is 1. The first-order valence-corrected chi connectivity index (χ1v) is 4.27. The van der Waals surface area contributed by atoms with E-state index in [0.29, 0.717) is 0 Å². The van der Waals surface area contributed by atoms with Gasteiger partial charge in [0, 0.05) is 23.4 Å². The second kappa shape index (κ2) is 3.65. The predicted molar refractivity (Wildman–Crippen MR) is 51.3 cm³/mol. The molecule has 2 rings (SSSR count). The van der Waals surface area contributed by atoms with E-state index in [9.17, 15) is 8.78 Å². The Morgan fingerprint density at radius 1 is 1.00 bits per heavy atom. The third kappa shape index (κ3) is 1.79. The molecule has 76 valence electrons. The van der Waals surface area contributed by atoms with Crippen LogP contribution >= 0.6 is 0 Å². The van der Waals surface area contributed by atoms with Gasteiger partial charge in [-0.05, 0) is 18.2 Å². The van der Waals surface area contributed by atoms with Crippen molar-refractivity contribution >= 4 is 0 Å². The summed E-state index contributed by atoms with van der Waals surface area (Å²) in [5.74, 6) is -1.45. The Morgan fingerprint density at radius 3 is 2.40 bits per heavy atom. The molecular formula is C11H7F2NO. The zero-order valence-electron chi connectivity index (χ0n) is 7.61. The van der Waals surface area contributed by atoms with Crippen LogP contribution in [0.4, 0.5) is 8.78 Å². The van der Waals surface area contributed by atoms with Crippen LogP contribution in [0.25, 0.3) is 11.1 Å². The van der Waals surface area contributed by atoms with Gasteiger partial charge in [0.15, 0.2) is 0 Å². The molecule has 0 aliphatic rings. The van der Waals surface area contributed by atoms with Gasteiger partial charge >= 0.3 is 0 Å². The SMILES string of the molecule is Oc1ccc(-c2ccncc2F)c(F)c1. The van der Waals surface area contributed by atoms with Crippen molar-refractivity contribution in [3.63, 3.8) is 0 Å². The Labute approximate surface area is 84.8 Å². The van der Waals surface area contributed by atoms with Crippen molar-refractivity contribution in [1.82, 2.24) is 4.98 Å². The van der Waals surface area contributed by atoms with Gasteiger partial charge in [-0.1, -0.05) is 0 Å². The van der Waals surface area contributed by atoms with Crippen LogP contribution in [0.3, 0.4) is 0 Å². The molecule has 1 aromatic heterocycles. The summed E-state index contributed by atoms with van der Waals surface area (Å²) in [7, 11) is 0. The summed E-state index contributed by atoms with van der Waals surface area (Å²) in [5.41, 5.74) is 0.232. The highest BCUT2D eigenvalue weighted by atomic mass is 19.1. The summed E-state index contributed by atoms with van der Waals surface area (Å²) in [6.07, 6.45) is 2.40. The Hall–Kier alpha value is -1.97. The first kappa shape index (κ1) is 9.58. The van der Waals surface area contributed by atoms with Gasteiger partial charge in [-0.3, -0.25) is 4.98 Å². The van der Waals surface area contributed by atoms with Gasteiger partial charge in [0.2, 0.25) is 0 Å². The minimum absolute atomic E-state index is 0.104. The number of benzene rings is 1. The predicted octanol–water partition coefficient (Wildman–Crippen LogP) is 2.73. The normalized spacial score (nSPS) is 10.3. The van der Waals surface area contributed by atoms with Crippen LogP contribution in [-0.4, -0.2) is 10.1 Å². The molecule has 0 aliphatic carbocycles. The highest BCUT2D eigenvalue weighted by molar-refractivity contribution is 5.64. The summed E-state index contributed by atoms with van der Waals surface area (Å²) < 4.78 is 26.6. The first-order valence-electron chi connectivity index (χ1n) is 4.27. The van der Waals surface area contributed by atoms with E-state index >= 15 is 0 Å². The number of aromatic nitrogens is 1. The van der Waals surface area contributed by atoms with Crippen molar-refractivity contribution in [2.24, 2.45) is 0 Å². The van der Waals surface area contributed by atoms with Crippen LogP contribution in [0.15, 0.2) is 36.7 Å². The number of rotatable bonds is 1. The number of phenolic OH excluding ortho intramolecular Hbond substituents is 1. The highest BCUT2D eigenvalue weighted by Crippen LogP contribution is 2.27. The standard InChI is InChI=1S/C11H7F2NO/c12-10-5-7(15)1-2-8(10)9-3-4-14-6-11(9)13/h1-6,15H. The molecule has 1 heterocycles. The smallest absolute Gasteiger partial charge is 0.149 e. The van der Waals surface area contributed by atoms with Crippen LogP contribution in [0.5, 0.6) is 5.75 Å². The van der Waals surface area contributed by atoms with Gasteiger partial charge in [0.25, 0.3) is 0 Å². The lowest BCUT2D eigenvalue weighted by Crippen LogP contribution is -1.89. The van der Waals surface area contributed by atoms with Crippen molar-refractivity contribution in [1.29, 1.82) is 0 Å². The van der Waals surface area contributed by atoms with Gasteiger partial charge in [-0.25, -0.2) is 8.78 Å². The Bertz CT molecular complexity index is 500. The summed E-state index contributed by atoms with van der Waals surface area (Å²) in [6, 6.07) is 4.95. The minimum Gasteiger partial charge on any atom is -0.508 e. The summed E-state index contributed by atoms with van der Waals surface area (Å²) in [6.45, 7) is 0. The van der Waals surface area contributed by atoms with Gasteiger partial charge in [-0.2, -0.15) is 0 Å². The highest BCUT2D eigenvalue weighted by Gasteiger charge is 2.09. The van der Waals surface area contributed by atoms with Gasteiger partial charge in [0.1, 0.15) is 17.4 Å². The molecule has 0 saturated heterocycles. The Kier molecular flexibility index (Phi) is 2.33. The number of halogens is 2. The van der Waals surface area contributed by atoms with Crippen LogP contribution in [0.2, 0.25) is 0 Å². The van der Waals surface area contributed by atoms with Gasteiger partial charge in [0.05, 0.1) is 6.20 Å². The van der Waals surface area contributed by atoms with Crippen molar-refractivity contribution in [3.05, 3.63) is 48.3 Å². The second-order valence-corrected chi connectivity index (χ2v) is 3.02. The molecule has 1 N–H and O–H groups in total. The van der Waals surface area contributed by atoms with E-state index < -0.39 is 11.6 Å². The summed E-state index contributed by atoms with van der Waals surface area (Å²) in [4.78, 5) is 3.57. The van der Waals surface area contributed by atoms with Crippen LogP contribution in [-0.2, 0) is 0 Å². The maximum atomic E-state index is 13.4. The molecule has 15 heavy (non-hydrogen) atoms. The second-order valence-electron chi connectivity index (χ2n) is 3.02. The maximum Gasteiger partial charge on any atom is 0.149 e. The molecule has 2 nitrogen and oxygen atoms in total. The molecule has 4 heteroatoms. The molecule has 0 bridgehead atoms. The fourth-order valence-electron chi connectivity index (χ4n) is 1.32. The van der Waals surface area contributed by atoms with Crippen LogP contribution in [0.1, 0.15) is 0 Å². The lowest BCUT2D eigenvalue weighted by atomic mass is 10.1. The quantitative estimate of drug-likeness (QED) is 0.779. The largest absolute Gasteiger partial charge is 0.508 e. The molecule has 0 saturated carbocycles. The molecular weight excluding hydrogens is 200 g/mol. The lowest BCUT2D eigenvalue weighted by Gasteiger charge is -2.04. The van der Waals surface area contributed by atoms with E-state index in [1.165, 1.54) is 24.4 Å². The molecule has 0 unspecified atom stereocenters. The molecule has 0 spiro atoms. The average Bonchev–Trinajstić information content (AvgIpc) is 2.20.